The summed E-state index contributed by atoms with van der Waals surface area (Å²) in [6.07, 6.45) is 0. The molecule has 0 bridgehead atoms. The van der Waals surface area contributed by atoms with Crippen molar-refractivity contribution in [3.63, 3.8) is 0 Å². The highest BCUT2D eigenvalue weighted by atomic mass is 32.1. The Morgan fingerprint density at radius 2 is 1.67 bits per heavy atom. The molecule has 1 aromatic carbocycles. The highest BCUT2D eigenvalue weighted by Crippen LogP contribution is 2.39. The van der Waals surface area contributed by atoms with Gasteiger partial charge in [0.2, 0.25) is 5.75 Å². The summed E-state index contributed by atoms with van der Waals surface area (Å²) in [6, 6.07) is 7.34. The number of benzene rings is 1. The van der Waals surface area contributed by atoms with Gasteiger partial charge in [-0.15, -0.1) is 11.3 Å². The van der Waals surface area contributed by atoms with Crippen LogP contribution in [-0.2, 0) is 6.54 Å². The third-order valence-corrected chi connectivity index (χ3v) is 4.05. The molecule has 130 valence electrons. The lowest BCUT2D eigenvalue weighted by molar-refractivity contribution is 0.0950. The first-order valence-electron chi connectivity index (χ1n) is 8.06. The molecule has 1 amide bonds. The van der Waals surface area contributed by atoms with Crippen molar-refractivity contribution in [2.75, 3.05) is 19.8 Å². The molecule has 0 saturated carbocycles. The molecule has 0 aliphatic heterocycles. The topological polar surface area (TPSA) is 56.8 Å². The zero-order valence-corrected chi connectivity index (χ0v) is 15.1. The monoisotopic (exact) mass is 349 g/mol. The lowest BCUT2D eigenvalue weighted by Gasteiger charge is -2.17. The second-order valence-corrected chi connectivity index (χ2v) is 5.89. The number of amides is 1. The molecule has 0 atom stereocenters. The Hall–Kier alpha value is -2.21. The van der Waals surface area contributed by atoms with Crippen LogP contribution in [0.25, 0.3) is 0 Å². The molecule has 0 fully saturated rings. The summed E-state index contributed by atoms with van der Waals surface area (Å²) in [6.45, 7) is 7.62. The number of nitrogens with one attached hydrogen (secondary N) is 1. The van der Waals surface area contributed by atoms with Gasteiger partial charge in [-0.05, 0) is 44.4 Å². The summed E-state index contributed by atoms with van der Waals surface area (Å²) in [7, 11) is 0. The number of rotatable bonds is 9. The van der Waals surface area contributed by atoms with E-state index >= 15 is 0 Å². The number of thiophene rings is 1. The standard InChI is InChI=1S/C18H23NO4S/c1-4-21-15-10-13(11-16(22-5-2)17(15)23-6-3)18(20)19-12-14-8-7-9-24-14/h7-11H,4-6,12H2,1-3H3,(H,19,20). The van der Waals surface area contributed by atoms with Crippen molar-refractivity contribution in [2.24, 2.45) is 0 Å². The fourth-order valence-electron chi connectivity index (χ4n) is 2.20. The van der Waals surface area contributed by atoms with E-state index in [1.54, 1.807) is 23.5 Å². The highest BCUT2D eigenvalue weighted by Gasteiger charge is 2.18. The zero-order valence-electron chi connectivity index (χ0n) is 14.3. The first-order chi connectivity index (χ1) is 11.7. The summed E-state index contributed by atoms with van der Waals surface area (Å²) in [5.41, 5.74) is 0.488. The molecule has 0 saturated heterocycles. The molecule has 0 spiro atoms. The van der Waals surface area contributed by atoms with Crippen molar-refractivity contribution < 1.29 is 19.0 Å². The normalized spacial score (nSPS) is 10.3. The molecule has 5 nitrogen and oxygen atoms in total. The van der Waals surface area contributed by atoms with Gasteiger partial charge in [-0.1, -0.05) is 6.07 Å². The summed E-state index contributed by atoms with van der Waals surface area (Å²) in [4.78, 5) is 13.6. The summed E-state index contributed by atoms with van der Waals surface area (Å²) in [5, 5.41) is 4.90. The van der Waals surface area contributed by atoms with E-state index in [0.29, 0.717) is 49.2 Å². The quantitative estimate of drug-likeness (QED) is 0.746. The van der Waals surface area contributed by atoms with Crippen molar-refractivity contribution in [2.45, 2.75) is 27.3 Å². The highest BCUT2D eigenvalue weighted by molar-refractivity contribution is 7.09. The fourth-order valence-corrected chi connectivity index (χ4v) is 2.85. The SMILES string of the molecule is CCOc1cc(C(=O)NCc2cccs2)cc(OCC)c1OCC. The van der Waals surface area contributed by atoms with Crippen molar-refractivity contribution in [1.82, 2.24) is 5.32 Å². The molecule has 24 heavy (non-hydrogen) atoms. The van der Waals surface area contributed by atoms with Gasteiger partial charge in [-0.2, -0.15) is 0 Å². The summed E-state index contributed by atoms with van der Waals surface area (Å²) >= 11 is 1.61. The Morgan fingerprint density at radius 1 is 1.04 bits per heavy atom. The average molecular weight is 349 g/mol. The van der Waals surface area contributed by atoms with Crippen LogP contribution in [0.3, 0.4) is 0 Å². The van der Waals surface area contributed by atoms with E-state index in [2.05, 4.69) is 5.32 Å². The minimum absolute atomic E-state index is 0.173. The Balaban J connectivity index is 2.25. The molecule has 1 N–H and O–H groups in total. The summed E-state index contributed by atoms with van der Waals surface area (Å²) < 4.78 is 16.9. The van der Waals surface area contributed by atoms with Gasteiger partial charge in [0.1, 0.15) is 0 Å². The minimum Gasteiger partial charge on any atom is -0.490 e. The van der Waals surface area contributed by atoms with Crippen molar-refractivity contribution >= 4 is 17.2 Å². The van der Waals surface area contributed by atoms with Crippen LogP contribution in [0.5, 0.6) is 17.2 Å². The van der Waals surface area contributed by atoms with E-state index in [0.717, 1.165) is 4.88 Å². The van der Waals surface area contributed by atoms with Gasteiger partial charge < -0.3 is 19.5 Å². The van der Waals surface area contributed by atoms with E-state index in [4.69, 9.17) is 14.2 Å². The lowest BCUT2D eigenvalue weighted by Crippen LogP contribution is -2.22. The van der Waals surface area contributed by atoms with Gasteiger partial charge in [0.05, 0.1) is 26.4 Å². The second-order valence-electron chi connectivity index (χ2n) is 4.86. The predicted molar refractivity (Wildman–Crippen MR) is 95.4 cm³/mol. The predicted octanol–water partition coefficient (Wildman–Crippen LogP) is 3.87. The van der Waals surface area contributed by atoms with Crippen LogP contribution in [0, 0.1) is 0 Å². The molecule has 2 aromatic rings. The lowest BCUT2D eigenvalue weighted by atomic mass is 10.1. The number of hydrogen-bond donors (Lipinski definition) is 1. The Labute approximate surface area is 146 Å². The molecule has 1 aromatic heterocycles. The maximum atomic E-state index is 12.5. The van der Waals surface area contributed by atoms with E-state index in [-0.39, 0.29) is 5.91 Å². The Morgan fingerprint density at radius 3 is 2.17 bits per heavy atom. The van der Waals surface area contributed by atoms with E-state index in [1.165, 1.54) is 0 Å². The van der Waals surface area contributed by atoms with Gasteiger partial charge in [0, 0.05) is 10.4 Å². The first kappa shape index (κ1) is 18.1. The van der Waals surface area contributed by atoms with Gasteiger partial charge in [0.25, 0.3) is 5.91 Å². The van der Waals surface area contributed by atoms with Crippen LogP contribution in [0.15, 0.2) is 29.6 Å². The minimum atomic E-state index is -0.173. The molecule has 2 rings (SSSR count). The van der Waals surface area contributed by atoms with E-state index < -0.39 is 0 Å². The van der Waals surface area contributed by atoms with Crippen LogP contribution >= 0.6 is 11.3 Å². The number of ether oxygens (including phenoxy) is 3. The van der Waals surface area contributed by atoms with Crippen LogP contribution in [0.4, 0.5) is 0 Å². The third kappa shape index (κ3) is 4.64. The number of hydrogen-bond acceptors (Lipinski definition) is 5. The molecular formula is C18H23NO4S. The molecule has 1 heterocycles. The maximum absolute atomic E-state index is 12.5. The van der Waals surface area contributed by atoms with Gasteiger partial charge in [-0.3, -0.25) is 4.79 Å². The van der Waals surface area contributed by atoms with Gasteiger partial charge in [-0.25, -0.2) is 0 Å². The largest absolute Gasteiger partial charge is 0.490 e. The maximum Gasteiger partial charge on any atom is 0.251 e. The molecular weight excluding hydrogens is 326 g/mol. The zero-order chi connectivity index (χ0) is 17.4. The molecule has 6 heteroatoms. The molecule has 0 aliphatic rings. The second kappa shape index (κ2) is 9.17. The number of carbonyl (C=O) groups is 1. The molecule has 0 radical (unpaired) electrons. The third-order valence-electron chi connectivity index (χ3n) is 3.17. The number of carbonyl (C=O) groups excluding carboxylic acids is 1. The van der Waals surface area contributed by atoms with Crippen molar-refractivity contribution in [1.29, 1.82) is 0 Å². The Kier molecular flexibility index (Phi) is 6.93. The molecule has 0 aliphatic carbocycles. The van der Waals surface area contributed by atoms with Gasteiger partial charge in [0.15, 0.2) is 11.5 Å². The van der Waals surface area contributed by atoms with Crippen molar-refractivity contribution in [3.8, 4) is 17.2 Å². The van der Waals surface area contributed by atoms with E-state index in [9.17, 15) is 4.79 Å². The van der Waals surface area contributed by atoms with E-state index in [1.807, 2.05) is 38.3 Å². The smallest absolute Gasteiger partial charge is 0.251 e. The first-order valence-corrected chi connectivity index (χ1v) is 8.94. The Bertz CT molecular complexity index is 628. The van der Waals surface area contributed by atoms with Crippen LogP contribution < -0.4 is 19.5 Å². The van der Waals surface area contributed by atoms with Crippen LogP contribution in [-0.4, -0.2) is 25.7 Å². The van der Waals surface area contributed by atoms with Crippen LogP contribution in [0.2, 0.25) is 0 Å². The van der Waals surface area contributed by atoms with Crippen LogP contribution in [0.1, 0.15) is 36.0 Å². The average Bonchev–Trinajstić information content (AvgIpc) is 3.09. The fraction of sp³-hybridized carbons (Fsp3) is 0.389. The summed E-state index contributed by atoms with van der Waals surface area (Å²) in [5.74, 6) is 1.41. The molecule has 0 unspecified atom stereocenters. The van der Waals surface area contributed by atoms with Crippen molar-refractivity contribution in [3.05, 3.63) is 40.1 Å². The van der Waals surface area contributed by atoms with Gasteiger partial charge >= 0.3 is 0 Å².